The van der Waals surface area contributed by atoms with Crippen LogP contribution in [0.1, 0.15) is 18.1 Å². The minimum Gasteiger partial charge on any atom is -0.326 e. The Morgan fingerprint density at radius 2 is 1.69 bits per heavy atom. The number of amides is 2. The lowest BCUT2D eigenvalue weighted by Crippen LogP contribution is -2.27. The van der Waals surface area contributed by atoms with E-state index in [1.54, 1.807) is 4.90 Å². The average molecular weight is 462 g/mol. The summed E-state index contributed by atoms with van der Waals surface area (Å²) in [6.45, 7) is 5.54. The third kappa shape index (κ3) is 5.18. The fraction of sp³-hybridized carbons (Fsp3) is 0.160. The normalized spacial score (nSPS) is 10.8. The van der Waals surface area contributed by atoms with Crippen molar-refractivity contribution >= 4 is 61.6 Å². The van der Waals surface area contributed by atoms with Crippen molar-refractivity contribution < 1.29 is 9.59 Å². The van der Waals surface area contributed by atoms with E-state index in [1.165, 1.54) is 30.0 Å². The summed E-state index contributed by atoms with van der Waals surface area (Å²) in [6.07, 6.45) is 0. The highest BCUT2D eigenvalue weighted by Gasteiger charge is 2.22. The number of nitrogens with one attached hydrogen (secondary N) is 1. The molecule has 0 bridgehead atoms. The SMILES string of the molecule is CC(=O)Nc1ccc(SCC(=O)N(c2cc(C)cc(C)c2)c2nc3ccccc3s2)cc1. The van der Waals surface area contributed by atoms with E-state index in [0.717, 1.165) is 37.6 Å². The standard InChI is InChI=1S/C25H23N3O2S2/c1-16-12-17(2)14-20(13-16)28(25-27-22-6-4-5-7-23(22)32-25)24(30)15-31-21-10-8-19(9-11-21)26-18(3)29/h4-14H,15H2,1-3H3,(H,26,29). The van der Waals surface area contributed by atoms with Gasteiger partial charge in [-0.3, -0.25) is 14.5 Å². The summed E-state index contributed by atoms with van der Waals surface area (Å²) in [5.74, 6) is 0.119. The van der Waals surface area contributed by atoms with Gasteiger partial charge in [-0.2, -0.15) is 0 Å². The molecule has 162 valence electrons. The maximum absolute atomic E-state index is 13.4. The van der Waals surface area contributed by atoms with Gasteiger partial charge in [0.2, 0.25) is 11.8 Å². The van der Waals surface area contributed by atoms with Gasteiger partial charge in [0.1, 0.15) is 0 Å². The quantitative estimate of drug-likeness (QED) is 0.341. The first-order valence-electron chi connectivity index (χ1n) is 10.2. The summed E-state index contributed by atoms with van der Waals surface area (Å²) in [7, 11) is 0. The molecule has 7 heteroatoms. The number of carbonyl (C=O) groups excluding carboxylic acids is 2. The zero-order valence-electron chi connectivity index (χ0n) is 18.1. The first-order valence-corrected chi connectivity index (χ1v) is 12.0. The number of thioether (sulfide) groups is 1. The number of aromatic nitrogens is 1. The molecule has 0 fully saturated rings. The van der Waals surface area contributed by atoms with Crippen LogP contribution in [0.4, 0.5) is 16.5 Å². The lowest BCUT2D eigenvalue weighted by Gasteiger charge is -2.21. The number of hydrogen-bond donors (Lipinski definition) is 1. The smallest absolute Gasteiger partial charge is 0.243 e. The van der Waals surface area contributed by atoms with E-state index in [2.05, 4.69) is 11.4 Å². The van der Waals surface area contributed by atoms with E-state index in [4.69, 9.17) is 4.98 Å². The number of hydrogen-bond acceptors (Lipinski definition) is 5. The van der Waals surface area contributed by atoms with Crippen LogP contribution in [0.3, 0.4) is 0 Å². The molecule has 5 nitrogen and oxygen atoms in total. The summed E-state index contributed by atoms with van der Waals surface area (Å²) in [5.41, 5.74) is 4.64. The highest BCUT2D eigenvalue weighted by molar-refractivity contribution is 8.00. The largest absolute Gasteiger partial charge is 0.326 e. The number of thiazole rings is 1. The number of aryl methyl sites for hydroxylation is 2. The molecule has 1 heterocycles. The second kappa shape index (κ2) is 9.54. The number of anilines is 3. The molecule has 1 aromatic heterocycles. The van der Waals surface area contributed by atoms with Crippen molar-refractivity contribution in [1.29, 1.82) is 0 Å². The van der Waals surface area contributed by atoms with E-state index >= 15 is 0 Å². The molecule has 0 atom stereocenters. The molecule has 0 unspecified atom stereocenters. The Bertz CT molecular complexity index is 1230. The molecular formula is C25H23N3O2S2. The first-order chi connectivity index (χ1) is 15.4. The van der Waals surface area contributed by atoms with Crippen LogP contribution in [0.15, 0.2) is 71.6 Å². The minimum atomic E-state index is -0.111. The summed E-state index contributed by atoms with van der Waals surface area (Å²) in [6, 6.07) is 21.5. The zero-order valence-corrected chi connectivity index (χ0v) is 19.7. The highest BCUT2D eigenvalue weighted by atomic mass is 32.2. The number of para-hydroxylation sites is 1. The Balaban J connectivity index is 1.60. The molecule has 0 saturated carbocycles. The first kappa shape index (κ1) is 22.0. The Morgan fingerprint density at radius 3 is 2.34 bits per heavy atom. The summed E-state index contributed by atoms with van der Waals surface area (Å²) in [5, 5.41) is 3.42. The maximum atomic E-state index is 13.4. The molecule has 1 N–H and O–H groups in total. The van der Waals surface area contributed by atoms with Gasteiger partial charge in [-0.05, 0) is 73.5 Å². The molecule has 0 spiro atoms. The van der Waals surface area contributed by atoms with E-state index in [0.29, 0.717) is 5.13 Å². The van der Waals surface area contributed by atoms with Crippen molar-refractivity contribution in [2.24, 2.45) is 0 Å². The Morgan fingerprint density at radius 1 is 1.00 bits per heavy atom. The van der Waals surface area contributed by atoms with Crippen LogP contribution < -0.4 is 10.2 Å². The number of carbonyl (C=O) groups is 2. The summed E-state index contributed by atoms with van der Waals surface area (Å²) in [4.78, 5) is 32.1. The maximum Gasteiger partial charge on any atom is 0.243 e. The number of benzene rings is 3. The zero-order chi connectivity index (χ0) is 22.7. The summed E-state index contributed by atoms with van der Waals surface area (Å²) < 4.78 is 1.05. The van der Waals surface area contributed by atoms with Crippen LogP contribution in [0.25, 0.3) is 10.2 Å². The summed E-state index contributed by atoms with van der Waals surface area (Å²) >= 11 is 2.98. The lowest BCUT2D eigenvalue weighted by molar-refractivity contribution is -0.115. The molecular weight excluding hydrogens is 438 g/mol. The molecule has 4 rings (SSSR count). The highest BCUT2D eigenvalue weighted by Crippen LogP contribution is 2.35. The van der Waals surface area contributed by atoms with Crippen molar-refractivity contribution in [3.63, 3.8) is 0 Å². The molecule has 0 aliphatic rings. The van der Waals surface area contributed by atoms with Crippen molar-refractivity contribution in [1.82, 2.24) is 4.98 Å². The minimum absolute atomic E-state index is 0.0370. The van der Waals surface area contributed by atoms with Crippen molar-refractivity contribution in [2.45, 2.75) is 25.7 Å². The third-order valence-electron chi connectivity index (χ3n) is 4.72. The van der Waals surface area contributed by atoms with E-state index in [-0.39, 0.29) is 17.6 Å². The van der Waals surface area contributed by atoms with Crippen LogP contribution >= 0.6 is 23.1 Å². The van der Waals surface area contributed by atoms with Gasteiger partial charge in [-0.15, -0.1) is 11.8 Å². The van der Waals surface area contributed by atoms with Crippen LogP contribution in [0.2, 0.25) is 0 Å². The van der Waals surface area contributed by atoms with Gasteiger partial charge in [-0.1, -0.05) is 29.5 Å². The molecule has 0 radical (unpaired) electrons. The predicted molar refractivity (Wildman–Crippen MR) is 134 cm³/mol. The molecule has 0 saturated heterocycles. The van der Waals surface area contributed by atoms with Gasteiger partial charge in [0, 0.05) is 17.5 Å². The Kier molecular flexibility index (Phi) is 6.58. The van der Waals surface area contributed by atoms with Gasteiger partial charge < -0.3 is 5.32 Å². The molecule has 4 aromatic rings. The number of rotatable bonds is 6. The third-order valence-corrected chi connectivity index (χ3v) is 6.74. The molecule has 32 heavy (non-hydrogen) atoms. The van der Waals surface area contributed by atoms with Gasteiger partial charge in [-0.25, -0.2) is 4.98 Å². The second-order valence-electron chi connectivity index (χ2n) is 7.53. The fourth-order valence-corrected chi connectivity index (χ4v) is 5.20. The number of fused-ring (bicyclic) bond motifs is 1. The van der Waals surface area contributed by atoms with Gasteiger partial charge >= 0.3 is 0 Å². The van der Waals surface area contributed by atoms with E-state index in [9.17, 15) is 9.59 Å². The Labute approximate surface area is 195 Å². The van der Waals surface area contributed by atoms with E-state index in [1.807, 2.05) is 74.5 Å². The second-order valence-corrected chi connectivity index (χ2v) is 9.59. The lowest BCUT2D eigenvalue weighted by atomic mass is 10.1. The Hall–Kier alpha value is -3.16. The molecule has 0 aliphatic carbocycles. The van der Waals surface area contributed by atoms with Gasteiger partial charge in [0.15, 0.2) is 5.13 Å². The van der Waals surface area contributed by atoms with Crippen molar-refractivity contribution in [3.8, 4) is 0 Å². The van der Waals surface area contributed by atoms with Crippen LogP contribution in [0.5, 0.6) is 0 Å². The fourth-order valence-electron chi connectivity index (χ4n) is 3.44. The van der Waals surface area contributed by atoms with Crippen molar-refractivity contribution in [3.05, 3.63) is 77.9 Å². The molecule has 2 amide bonds. The number of nitrogens with zero attached hydrogens (tertiary/aromatic N) is 2. The monoisotopic (exact) mass is 461 g/mol. The van der Waals surface area contributed by atoms with Crippen LogP contribution in [-0.2, 0) is 9.59 Å². The van der Waals surface area contributed by atoms with E-state index < -0.39 is 0 Å². The van der Waals surface area contributed by atoms with Crippen LogP contribution in [0, 0.1) is 13.8 Å². The topological polar surface area (TPSA) is 62.3 Å². The molecule has 0 aliphatic heterocycles. The van der Waals surface area contributed by atoms with Crippen molar-refractivity contribution in [2.75, 3.05) is 16.0 Å². The van der Waals surface area contributed by atoms with Gasteiger partial charge in [0.05, 0.1) is 21.7 Å². The van der Waals surface area contributed by atoms with Crippen LogP contribution in [-0.4, -0.2) is 22.6 Å². The molecule has 3 aromatic carbocycles. The average Bonchev–Trinajstić information content (AvgIpc) is 3.16. The van der Waals surface area contributed by atoms with Gasteiger partial charge in [0.25, 0.3) is 0 Å². The predicted octanol–water partition coefficient (Wildman–Crippen LogP) is 6.33.